The number of carbonyl (C=O) groups excluding carboxylic acids is 1. The van der Waals surface area contributed by atoms with Crippen molar-refractivity contribution in [3.8, 4) is 5.69 Å². The van der Waals surface area contributed by atoms with E-state index >= 15 is 0 Å². The summed E-state index contributed by atoms with van der Waals surface area (Å²) in [5.74, 6) is 0.402. The Labute approximate surface area is 197 Å². The van der Waals surface area contributed by atoms with Crippen molar-refractivity contribution in [1.82, 2.24) is 14.9 Å². The molecule has 0 radical (unpaired) electrons. The van der Waals surface area contributed by atoms with Crippen molar-refractivity contribution in [3.05, 3.63) is 142 Å². The van der Waals surface area contributed by atoms with Gasteiger partial charge < -0.3 is 5.32 Å². The van der Waals surface area contributed by atoms with E-state index < -0.39 is 0 Å². The zero-order valence-corrected chi connectivity index (χ0v) is 18.7. The Morgan fingerprint density at radius 2 is 1.32 bits per heavy atom. The summed E-state index contributed by atoms with van der Waals surface area (Å²) in [5, 5.41) is 3.71. The van der Waals surface area contributed by atoms with Crippen LogP contribution in [0.15, 0.2) is 114 Å². The summed E-state index contributed by atoms with van der Waals surface area (Å²) in [4.78, 5) is 30.8. The molecule has 5 aromatic rings. The molecular formula is C29H23N3O2. The number of benzene rings is 4. The third-order valence-corrected chi connectivity index (χ3v) is 5.87. The molecule has 1 N–H and O–H groups in total. The lowest BCUT2D eigenvalue weighted by Gasteiger charge is -2.20. The molecule has 0 spiro atoms. The Bertz CT molecular complexity index is 1470. The largest absolute Gasteiger partial charge is 0.341 e. The molecule has 4 aromatic carbocycles. The molecule has 0 aliphatic rings. The Balaban J connectivity index is 1.45. The summed E-state index contributed by atoms with van der Waals surface area (Å²) in [7, 11) is 0. The van der Waals surface area contributed by atoms with Crippen LogP contribution >= 0.6 is 0 Å². The second-order valence-corrected chi connectivity index (χ2v) is 8.09. The zero-order valence-electron chi connectivity index (χ0n) is 18.7. The van der Waals surface area contributed by atoms with Crippen LogP contribution in [-0.4, -0.2) is 15.5 Å². The van der Waals surface area contributed by atoms with E-state index in [0.29, 0.717) is 28.0 Å². The fourth-order valence-electron chi connectivity index (χ4n) is 4.17. The number of para-hydroxylation sites is 1. The highest BCUT2D eigenvalue weighted by Crippen LogP contribution is 2.22. The summed E-state index contributed by atoms with van der Waals surface area (Å²) < 4.78 is 1.57. The van der Waals surface area contributed by atoms with Crippen LogP contribution in [0, 0.1) is 6.92 Å². The zero-order chi connectivity index (χ0) is 23.5. The van der Waals surface area contributed by atoms with E-state index in [1.165, 1.54) is 0 Å². The lowest BCUT2D eigenvalue weighted by molar-refractivity contribution is 0.0943. The van der Waals surface area contributed by atoms with Gasteiger partial charge in [-0.15, -0.1) is 0 Å². The molecule has 0 unspecified atom stereocenters. The van der Waals surface area contributed by atoms with Crippen molar-refractivity contribution >= 4 is 16.8 Å². The highest BCUT2D eigenvalue weighted by molar-refractivity contribution is 5.95. The minimum atomic E-state index is -0.274. The van der Waals surface area contributed by atoms with Gasteiger partial charge in [-0.3, -0.25) is 14.2 Å². The van der Waals surface area contributed by atoms with E-state index in [-0.39, 0.29) is 17.5 Å². The Morgan fingerprint density at radius 3 is 1.94 bits per heavy atom. The summed E-state index contributed by atoms with van der Waals surface area (Å²) in [5.41, 5.74) is 3.73. The van der Waals surface area contributed by atoms with Crippen LogP contribution in [-0.2, 0) is 0 Å². The van der Waals surface area contributed by atoms with E-state index in [1.807, 2.05) is 78.9 Å². The standard InChI is InChI=1S/C29H23N3O2/c1-20-30-26-15-9-8-14-25(26)29(34)32(20)24-18-16-23(17-19-24)28(33)31-27(21-10-4-2-5-11-21)22-12-6-3-7-13-22/h2-19,27H,1H3,(H,31,33). The number of aromatic nitrogens is 2. The monoisotopic (exact) mass is 445 g/mol. The van der Waals surface area contributed by atoms with Crippen LogP contribution in [0.1, 0.15) is 33.4 Å². The minimum Gasteiger partial charge on any atom is -0.341 e. The Morgan fingerprint density at radius 1 is 0.765 bits per heavy atom. The van der Waals surface area contributed by atoms with Gasteiger partial charge in [0.15, 0.2) is 0 Å². The lowest BCUT2D eigenvalue weighted by atomic mass is 9.98. The predicted octanol–water partition coefficient (Wildman–Crippen LogP) is 5.21. The van der Waals surface area contributed by atoms with Crippen LogP contribution in [0.3, 0.4) is 0 Å². The van der Waals surface area contributed by atoms with Crippen molar-refractivity contribution in [2.45, 2.75) is 13.0 Å². The van der Waals surface area contributed by atoms with Gasteiger partial charge in [0, 0.05) is 5.56 Å². The third-order valence-electron chi connectivity index (χ3n) is 5.87. The summed E-state index contributed by atoms with van der Waals surface area (Å²) in [6.45, 7) is 1.80. The molecule has 5 nitrogen and oxygen atoms in total. The molecule has 5 rings (SSSR count). The van der Waals surface area contributed by atoms with Gasteiger partial charge in [0.25, 0.3) is 11.5 Å². The molecule has 34 heavy (non-hydrogen) atoms. The lowest BCUT2D eigenvalue weighted by Crippen LogP contribution is -2.29. The topological polar surface area (TPSA) is 64.0 Å². The van der Waals surface area contributed by atoms with Crippen LogP contribution in [0.25, 0.3) is 16.6 Å². The Hall–Kier alpha value is -4.51. The molecule has 5 heteroatoms. The average molecular weight is 446 g/mol. The first kappa shape index (κ1) is 21.3. The summed E-state index contributed by atoms with van der Waals surface area (Å²) in [6.07, 6.45) is 0. The van der Waals surface area contributed by atoms with Crippen LogP contribution < -0.4 is 10.9 Å². The van der Waals surface area contributed by atoms with Gasteiger partial charge in [-0.1, -0.05) is 72.8 Å². The van der Waals surface area contributed by atoms with Gasteiger partial charge in [-0.05, 0) is 54.4 Å². The summed E-state index contributed by atoms with van der Waals surface area (Å²) in [6, 6.07) is 33.8. The van der Waals surface area contributed by atoms with Crippen molar-refractivity contribution in [2.24, 2.45) is 0 Å². The van der Waals surface area contributed by atoms with Gasteiger partial charge >= 0.3 is 0 Å². The average Bonchev–Trinajstić information content (AvgIpc) is 2.88. The molecule has 1 amide bonds. The first-order valence-electron chi connectivity index (χ1n) is 11.1. The SMILES string of the molecule is Cc1nc2ccccc2c(=O)n1-c1ccc(C(=O)NC(c2ccccc2)c2ccccc2)cc1. The number of nitrogens with zero attached hydrogens (tertiary/aromatic N) is 2. The van der Waals surface area contributed by atoms with Crippen LogP contribution in [0.2, 0.25) is 0 Å². The maximum Gasteiger partial charge on any atom is 0.265 e. The van der Waals surface area contributed by atoms with Crippen LogP contribution in [0.5, 0.6) is 0 Å². The normalized spacial score (nSPS) is 11.0. The first-order chi connectivity index (χ1) is 16.6. The second kappa shape index (κ2) is 9.16. The first-order valence-corrected chi connectivity index (χ1v) is 11.1. The molecule has 0 saturated heterocycles. The quantitative estimate of drug-likeness (QED) is 0.404. The molecule has 1 heterocycles. The number of carbonyl (C=O) groups is 1. The molecule has 0 fully saturated rings. The number of aryl methyl sites for hydroxylation is 1. The fourth-order valence-corrected chi connectivity index (χ4v) is 4.17. The molecular weight excluding hydrogens is 422 g/mol. The molecule has 166 valence electrons. The van der Waals surface area contributed by atoms with Gasteiger partial charge in [0.2, 0.25) is 0 Å². The smallest absolute Gasteiger partial charge is 0.265 e. The predicted molar refractivity (Wildman–Crippen MR) is 134 cm³/mol. The molecule has 1 aromatic heterocycles. The van der Waals surface area contributed by atoms with Gasteiger partial charge in [-0.25, -0.2) is 4.98 Å². The fraction of sp³-hybridized carbons (Fsp3) is 0.0690. The van der Waals surface area contributed by atoms with Crippen molar-refractivity contribution < 1.29 is 4.79 Å². The van der Waals surface area contributed by atoms with E-state index in [1.54, 1.807) is 41.8 Å². The van der Waals surface area contributed by atoms with Crippen molar-refractivity contribution in [2.75, 3.05) is 0 Å². The molecule has 0 aliphatic carbocycles. The summed E-state index contributed by atoms with van der Waals surface area (Å²) >= 11 is 0. The highest BCUT2D eigenvalue weighted by atomic mass is 16.1. The molecule has 0 saturated carbocycles. The van der Waals surface area contributed by atoms with Crippen molar-refractivity contribution in [3.63, 3.8) is 0 Å². The maximum atomic E-state index is 13.2. The molecule has 0 aliphatic heterocycles. The highest BCUT2D eigenvalue weighted by Gasteiger charge is 2.18. The number of fused-ring (bicyclic) bond motifs is 1. The number of amides is 1. The Kier molecular flexibility index (Phi) is 5.75. The molecule has 0 bridgehead atoms. The second-order valence-electron chi connectivity index (χ2n) is 8.09. The van der Waals surface area contributed by atoms with Crippen LogP contribution in [0.4, 0.5) is 0 Å². The number of hydrogen-bond donors (Lipinski definition) is 1. The van der Waals surface area contributed by atoms with Crippen molar-refractivity contribution in [1.29, 1.82) is 0 Å². The number of nitrogens with one attached hydrogen (secondary N) is 1. The van der Waals surface area contributed by atoms with E-state index in [0.717, 1.165) is 11.1 Å². The van der Waals surface area contributed by atoms with Gasteiger partial charge in [-0.2, -0.15) is 0 Å². The third kappa shape index (κ3) is 4.11. The minimum absolute atomic E-state index is 0.131. The van der Waals surface area contributed by atoms with E-state index in [9.17, 15) is 9.59 Å². The maximum absolute atomic E-state index is 13.2. The number of rotatable bonds is 5. The van der Waals surface area contributed by atoms with E-state index in [2.05, 4.69) is 10.3 Å². The molecule has 0 atom stereocenters. The number of hydrogen-bond acceptors (Lipinski definition) is 3. The van der Waals surface area contributed by atoms with Gasteiger partial charge in [0.05, 0.1) is 22.6 Å². The van der Waals surface area contributed by atoms with E-state index in [4.69, 9.17) is 0 Å². The van der Waals surface area contributed by atoms with Gasteiger partial charge in [0.1, 0.15) is 5.82 Å².